The molecule has 2 aromatic rings. The largest absolute Gasteiger partial charge is 0.416 e. The summed E-state index contributed by atoms with van der Waals surface area (Å²) >= 11 is 0. The van der Waals surface area contributed by atoms with E-state index in [1.54, 1.807) is 24.5 Å². The lowest BCUT2D eigenvalue weighted by molar-refractivity contribution is -0.137. The first-order valence-corrected chi connectivity index (χ1v) is 5.71. The fourth-order valence-corrected chi connectivity index (χ4v) is 1.76. The second kappa shape index (κ2) is 5.40. The van der Waals surface area contributed by atoms with Crippen LogP contribution in [0.25, 0.3) is 0 Å². The van der Waals surface area contributed by atoms with Crippen LogP contribution in [0, 0.1) is 0 Å². The van der Waals surface area contributed by atoms with Gasteiger partial charge in [0.2, 0.25) is 0 Å². The quantitative estimate of drug-likeness (QED) is 0.924. The summed E-state index contributed by atoms with van der Waals surface area (Å²) in [6.07, 6.45) is -1.69. The maximum atomic E-state index is 12.4. The van der Waals surface area contributed by atoms with Crippen molar-refractivity contribution in [1.29, 1.82) is 0 Å². The predicted octanol–water partition coefficient (Wildman–Crippen LogP) is 3.38. The number of benzene rings is 1. The third-order valence-corrected chi connectivity index (χ3v) is 2.80. The van der Waals surface area contributed by atoms with E-state index in [2.05, 4.69) is 4.98 Å². The van der Waals surface area contributed by atoms with Crippen LogP contribution < -0.4 is 0 Å². The average molecular weight is 267 g/mol. The van der Waals surface area contributed by atoms with Crippen molar-refractivity contribution in [2.75, 3.05) is 0 Å². The number of hydrogen-bond donors (Lipinski definition) is 1. The van der Waals surface area contributed by atoms with Gasteiger partial charge in [-0.1, -0.05) is 12.1 Å². The first-order chi connectivity index (χ1) is 8.97. The highest BCUT2D eigenvalue weighted by Gasteiger charge is 2.29. The summed E-state index contributed by atoms with van der Waals surface area (Å²) in [5, 5.41) is 9.95. The van der Waals surface area contributed by atoms with Gasteiger partial charge in [-0.15, -0.1) is 0 Å². The number of alkyl halides is 3. The Bertz CT molecular complexity index is 523. The maximum absolute atomic E-state index is 12.4. The van der Waals surface area contributed by atoms with Crippen molar-refractivity contribution in [2.24, 2.45) is 0 Å². The van der Waals surface area contributed by atoms with Crippen LogP contribution in [-0.2, 0) is 12.6 Å². The molecule has 0 radical (unpaired) electrons. The van der Waals surface area contributed by atoms with Gasteiger partial charge in [0.15, 0.2) is 0 Å². The molecule has 0 saturated heterocycles. The minimum absolute atomic E-state index is 0.266. The zero-order chi connectivity index (χ0) is 13.9. The van der Waals surface area contributed by atoms with E-state index in [1.807, 2.05) is 0 Å². The Labute approximate surface area is 108 Å². The Morgan fingerprint density at radius 2 is 1.58 bits per heavy atom. The van der Waals surface area contributed by atoms with E-state index < -0.39 is 17.8 Å². The summed E-state index contributed by atoms with van der Waals surface area (Å²) in [5.74, 6) is 0. The van der Waals surface area contributed by atoms with Gasteiger partial charge in [0, 0.05) is 18.8 Å². The smallest absolute Gasteiger partial charge is 0.388 e. The summed E-state index contributed by atoms with van der Waals surface area (Å²) in [7, 11) is 0. The Morgan fingerprint density at radius 3 is 2.11 bits per heavy atom. The normalized spacial score (nSPS) is 13.3. The molecule has 1 N–H and O–H groups in total. The number of pyridine rings is 1. The molecule has 19 heavy (non-hydrogen) atoms. The first-order valence-electron chi connectivity index (χ1n) is 5.71. The molecular weight excluding hydrogens is 255 g/mol. The van der Waals surface area contributed by atoms with Gasteiger partial charge in [-0.3, -0.25) is 4.98 Å². The Morgan fingerprint density at radius 1 is 1.00 bits per heavy atom. The lowest BCUT2D eigenvalue weighted by Crippen LogP contribution is -2.06. The molecule has 0 amide bonds. The van der Waals surface area contributed by atoms with Gasteiger partial charge in [0.05, 0.1) is 11.7 Å². The zero-order valence-corrected chi connectivity index (χ0v) is 9.93. The summed E-state index contributed by atoms with van der Waals surface area (Å²) < 4.78 is 37.2. The second-order valence-corrected chi connectivity index (χ2v) is 4.20. The van der Waals surface area contributed by atoms with E-state index in [9.17, 15) is 18.3 Å². The van der Waals surface area contributed by atoms with Crippen molar-refractivity contribution < 1.29 is 18.3 Å². The molecule has 0 aliphatic heterocycles. The molecule has 1 heterocycles. The topological polar surface area (TPSA) is 33.1 Å². The number of hydrogen-bond acceptors (Lipinski definition) is 2. The molecule has 0 fully saturated rings. The fraction of sp³-hybridized carbons (Fsp3) is 0.214. The van der Waals surface area contributed by atoms with Gasteiger partial charge < -0.3 is 5.11 Å². The Balaban J connectivity index is 2.08. The van der Waals surface area contributed by atoms with Crippen LogP contribution in [0.4, 0.5) is 13.2 Å². The molecule has 1 aromatic carbocycles. The molecule has 1 unspecified atom stereocenters. The number of aliphatic hydroxyl groups is 1. The van der Waals surface area contributed by atoms with E-state index in [0.29, 0.717) is 11.1 Å². The molecule has 1 atom stereocenters. The van der Waals surface area contributed by atoms with E-state index in [1.165, 1.54) is 12.1 Å². The lowest BCUT2D eigenvalue weighted by atomic mass is 10.0. The summed E-state index contributed by atoms with van der Waals surface area (Å²) in [6.45, 7) is 0. The van der Waals surface area contributed by atoms with Gasteiger partial charge in [-0.25, -0.2) is 0 Å². The standard InChI is InChI=1S/C14H12F3NO/c15-14(16,17)12-3-1-10(2-4-12)9-13(19)11-5-7-18-8-6-11/h1-8,13,19H,9H2. The molecule has 2 nitrogen and oxygen atoms in total. The Kier molecular flexibility index (Phi) is 3.85. The molecule has 0 aliphatic carbocycles. The molecule has 5 heteroatoms. The fourth-order valence-electron chi connectivity index (χ4n) is 1.76. The van der Waals surface area contributed by atoms with Crippen LogP contribution in [0.3, 0.4) is 0 Å². The summed E-state index contributed by atoms with van der Waals surface area (Å²) in [6, 6.07) is 8.16. The number of rotatable bonds is 3. The van der Waals surface area contributed by atoms with Gasteiger partial charge in [-0.05, 0) is 35.4 Å². The highest BCUT2D eigenvalue weighted by Crippen LogP contribution is 2.29. The SMILES string of the molecule is OC(Cc1ccc(C(F)(F)F)cc1)c1ccncc1. The molecule has 100 valence electrons. The van der Waals surface area contributed by atoms with E-state index in [-0.39, 0.29) is 6.42 Å². The van der Waals surface area contributed by atoms with Crippen LogP contribution in [-0.4, -0.2) is 10.1 Å². The van der Waals surface area contributed by atoms with Crippen molar-refractivity contribution in [1.82, 2.24) is 4.98 Å². The number of nitrogens with zero attached hydrogens (tertiary/aromatic N) is 1. The van der Waals surface area contributed by atoms with Crippen molar-refractivity contribution >= 4 is 0 Å². The summed E-state index contributed by atoms with van der Waals surface area (Å²) in [5.41, 5.74) is 0.655. The van der Waals surface area contributed by atoms with Crippen LogP contribution in [0.15, 0.2) is 48.8 Å². The molecule has 0 bridgehead atoms. The zero-order valence-electron chi connectivity index (χ0n) is 9.93. The van der Waals surface area contributed by atoms with E-state index >= 15 is 0 Å². The number of halogens is 3. The van der Waals surface area contributed by atoms with E-state index in [4.69, 9.17) is 0 Å². The lowest BCUT2D eigenvalue weighted by Gasteiger charge is -2.12. The number of aromatic nitrogens is 1. The van der Waals surface area contributed by atoms with Crippen LogP contribution in [0.5, 0.6) is 0 Å². The van der Waals surface area contributed by atoms with E-state index in [0.717, 1.165) is 12.1 Å². The van der Waals surface area contributed by atoms with Gasteiger partial charge in [0.1, 0.15) is 0 Å². The molecule has 0 saturated carbocycles. The van der Waals surface area contributed by atoms with Crippen LogP contribution in [0.2, 0.25) is 0 Å². The van der Waals surface area contributed by atoms with Crippen molar-refractivity contribution in [3.05, 3.63) is 65.5 Å². The minimum Gasteiger partial charge on any atom is -0.388 e. The molecule has 1 aromatic heterocycles. The highest BCUT2D eigenvalue weighted by molar-refractivity contribution is 5.26. The van der Waals surface area contributed by atoms with Crippen LogP contribution >= 0.6 is 0 Å². The van der Waals surface area contributed by atoms with Gasteiger partial charge >= 0.3 is 6.18 Å². The molecule has 2 rings (SSSR count). The number of aliphatic hydroxyl groups excluding tert-OH is 1. The summed E-state index contributed by atoms with van der Waals surface area (Å²) in [4.78, 5) is 3.84. The monoisotopic (exact) mass is 267 g/mol. The average Bonchev–Trinajstić information content (AvgIpc) is 2.39. The first kappa shape index (κ1) is 13.5. The van der Waals surface area contributed by atoms with Crippen molar-refractivity contribution in [2.45, 2.75) is 18.7 Å². The predicted molar refractivity (Wildman–Crippen MR) is 64.3 cm³/mol. The molecule has 0 spiro atoms. The maximum Gasteiger partial charge on any atom is 0.416 e. The van der Waals surface area contributed by atoms with Crippen molar-refractivity contribution in [3.8, 4) is 0 Å². The second-order valence-electron chi connectivity index (χ2n) is 4.20. The molecule has 0 aliphatic rings. The van der Waals surface area contributed by atoms with Gasteiger partial charge in [0.25, 0.3) is 0 Å². The Hall–Kier alpha value is -1.88. The minimum atomic E-state index is -4.33. The van der Waals surface area contributed by atoms with Crippen LogP contribution in [0.1, 0.15) is 22.8 Å². The molecular formula is C14H12F3NO. The third kappa shape index (κ3) is 3.54. The van der Waals surface area contributed by atoms with Crippen molar-refractivity contribution in [3.63, 3.8) is 0 Å². The highest BCUT2D eigenvalue weighted by atomic mass is 19.4. The van der Waals surface area contributed by atoms with Gasteiger partial charge in [-0.2, -0.15) is 13.2 Å². The third-order valence-electron chi connectivity index (χ3n) is 2.80.